The van der Waals surface area contributed by atoms with Crippen molar-refractivity contribution in [2.24, 2.45) is 13.0 Å². The van der Waals surface area contributed by atoms with Gasteiger partial charge in [0, 0.05) is 24.9 Å². The Morgan fingerprint density at radius 2 is 2.33 bits per heavy atom. The lowest BCUT2D eigenvalue weighted by molar-refractivity contribution is -0.117. The van der Waals surface area contributed by atoms with E-state index in [1.165, 1.54) is 6.08 Å². The second kappa shape index (κ2) is 6.96. The predicted molar refractivity (Wildman–Crippen MR) is 70.7 cm³/mol. The van der Waals surface area contributed by atoms with Crippen molar-refractivity contribution in [1.29, 1.82) is 0 Å². The highest BCUT2D eigenvalue weighted by Gasteiger charge is 2.11. The van der Waals surface area contributed by atoms with Crippen molar-refractivity contribution >= 4 is 12.0 Å². The molecule has 0 radical (unpaired) electrons. The second-order valence-corrected chi connectivity index (χ2v) is 4.80. The fourth-order valence-electron chi connectivity index (χ4n) is 1.70. The largest absolute Gasteiger partial charge is 0.394 e. The summed E-state index contributed by atoms with van der Waals surface area (Å²) < 4.78 is 1.67. The molecule has 1 rings (SSSR count). The van der Waals surface area contributed by atoms with E-state index in [0.717, 1.165) is 12.0 Å². The van der Waals surface area contributed by atoms with E-state index in [2.05, 4.69) is 24.3 Å². The first-order valence-corrected chi connectivity index (χ1v) is 6.09. The number of amides is 1. The van der Waals surface area contributed by atoms with Crippen molar-refractivity contribution in [1.82, 2.24) is 15.1 Å². The normalized spacial score (nSPS) is 13.2. The van der Waals surface area contributed by atoms with Crippen LogP contribution in [0.5, 0.6) is 0 Å². The van der Waals surface area contributed by atoms with E-state index in [4.69, 9.17) is 5.11 Å². The number of aliphatic hydroxyl groups excluding tert-OH is 1. The van der Waals surface area contributed by atoms with Crippen LogP contribution in [0.4, 0.5) is 0 Å². The predicted octanol–water partition coefficient (Wildman–Crippen LogP) is 0.956. The summed E-state index contributed by atoms with van der Waals surface area (Å²) in [6.45, 7) is 4.07. The zero-order valence-electron chi connectivity index (χ0n) is 11.1. The molecule has 5 nitrogen and oxygen atoms in total. The van der Waals surface area contributed by atoms with E-state index >= 15 is 0 Å². The van der Waals surface area contributed by atoms with Crippen molar-refractivity contribution in [3.63, 3.8) is 0 Å². The maximum Gasteiger partial charge on any atom is 0.244 e. The van der Waals surface area contributed by atoms with E-state index < -0.39 is 0 Å². The fourth-order valence-corrected chi connectivity index (χ4v) is 1.70. The fraction of sp³-hybridized carbons (Fsp3) is 0.538. The van der Waals surface area contributed by atoms with Gasteiger partial charge in [-0.15, -0.1) is 0 Å². The summed E-state index contributed by atoms with van der Waals surface area (Å²) in [6, 6.07) is -0.184. The molecule has 1 atom stereocenters. The molecule has 1 amide bonds. The van der Waals surface area contributed by atoms with Crippen LogP contribution < -0.4 is 5.32 Å². The number of carbonyl (C=O) groups excluding carboxylic acids is 1. The molecule has 1 aromatic heterocycles. The third-order valence-corrected chi connectivity index (χ3v) is 2.47. The molecule has 2 N–H and O–H groups in total. The Kier molecular flexibility index (Phi) is 5.58. The number of aliphatic hydroxyl groups is 1. The number of aryl methyl sites for hydroxylation is 1. The third kappa shape index (κ3) is 5.14. The summed E-state index contributed by atoms with van der Waals surface area (Å²) in [4.78, 5) is 11.6. The number of nitrogens with one attached hydrogen (secondary N) is 1. The maximum atomic E-state index is 11.6. The molecule has 1 aromatic rings. The van der Waals surface area contributed by atoms with Gasteiger partial charge < -0.3 is 10.4 Å². The van der Waals surface area contributed by atoms with Crippen molar-refractivity contribution < 1.29 is 9.90 Å². The van der Waals surface area contributed by atoms with Crippen LogP contribution >= 0.6 is 0 Å². The van der Waals surface area contributed by atoms with Gasteiger partial charge in [0.1, 0.15) is 0 Å². The Hall–Kier alpha value is -1.62. The summed E-state index contributed by atoms with van der Waals surface area (Å²) >= 11 is 0. The van der Waals surface area contributed by atoms with Gasteiger partial charge in [0.05, 0.1) is 18.8 Å². The van der Waals surface area contributed by atoms with Gasteiger partial charge in [-0.1, -0.05) is 13.8 Å². The Morgan fingerprint density at radius 1 is 1.61 bits per heavy atom. The van der Waals surface area contributed by atoms with E-state index in [-0.39, 0.29) is 18.6 Å². The Balaban J connectivity index is 2.47. The van der Waals surface area contributed by atoms with Crippen LogP contribution in [-0.4, -0.2) is 33.4 Å². The Morgan fingerprint density at radius 3 is 2.83 bits per heavy atom. The first-order chi connectivity index (χ1) is 8.51. The first-order valence-electron chi connectivity index (χ1n) is 6.09. The monoisotopic (exact) mass is 251 g/mol. The minimum absolute atomic E-state index is 0.0371. The van der Waals surface area contributed by atoms with Gasteiger partial charge >= 0.3 is 0 Å². The molecule has 1 unspecified atom stereocenters. The van der Waals surface area contributed by atoms with Gasteiger partial charge in [-0.05, 0) is 18.4 Å². The highest BCUT2D eigenvalue weighted by atomic mass is 16.3. The molecule has 0 spiro atoms. The third-order valence-electron chi connectivity index (χ3n) is 2.47. The molecule has 18 heavy (non-hydrogen) atoms. The van der Waals surface area contributed by atoms with Crippen molar-refractivity contribution in [3.8, 4) is 0 Å². The van der Waals surface area contributed by atoms with Crippen LogP contribution in [0, 0.1) is 5.92 Å². The average Bonchev–Trinajstić information content (AvgIpc) is 2.71. The SMILES string of the molecule is CC(C)CC(CO)NC(=O)/C=C/c1cnn(C)c1. The number of aromatic nitrogens is 2. The number of hydrogen-bond donors (Lipinski definition) is 2. The number of rotatable bonds is 6. The minimum Gasteiger partial charge on any atom is -0.394 e. The summed E-state index contributed by atoms with van der Waals surface area (Å²) in [5.74, 6) is 0.239. The van der Waals surface area contributed by atoms with E-state index in [1.807, 2.05) is 13.2 Å². The Bertz CT molecular complexity index is 410. The van der Waals surface area contributed by atoms with Crippen LogP contribution in [0.2, 0.25) is 0 Å². The highest BCUT2D eigenvalue weighted by Crippen LogP contribution is 2.04. The van der Waals surface area contributed by atoms with E-state index in [9.17, 15) is 4.79 Å². The highest BCUT2D eigenvalue weighted by molar-refractivity contribution is 5.91. The lowest BCUT2D eigenvalue weighted by atomic mass is 10.0. The van der Waals surface area contributed by atoms with Gasteiger partial charge in [0.25, 0.3) is 0 Å². The molecule has 0 saturated heterocycles. The second-order valence-electron chi connectivity index (χ2n) is 4.80. The van der Waals surface area contributed by atoms with Crippen LogP contribution in [-0.2, 0) is 11.8 Å². The van der Waals surface area contributed by atoms with E-state index in [1.54, 1.807) is 17.0 Å². The number of hydrogen-bond acceptors (Lipinski definition) is 3. The van der Waals surface area contributed by atoms with Crippen molar-refractivity contribution in [2.45, 2.75) is 26.3 Å². The Labute approximate surface area is 108 Å². The van der Waals surface area contributed by atoms with Gasteiger partial charge in [-0.2, -0.15) is 5.10 Å². The zero-order valence-corrected chi connectivity index (χ0v) is 11.1. The van der Waals surface area contributed by atoms with Gasteiger partial charge in [-0.25, -0.2) is 0 Å². The molecule has 0 aliphatic carbocycles. The lowest BCUT2D eigenvalue weighted by Crippen LogP contribution is -2.37. The molecule has 0 aliphatic heterocycles. The lowest BCUT2D eigenvalue weighted by Gasteiger charge is -2.16. The van der Waals surface area contributed by atoms with Gasteiger partial charge in [-0.3, -0.25) is 9.48 Å². The van der Waals surface area contributed by atoms with Crippen molar-refractivity contribution in [3.05, 3.63) is 24.0 Å². The van der Waals surface area contributed by atoms with Crippen LogP contribution in [0.3, 0.4) is 0 Å². The smallest absolute Gasteiger partial charge is 0.244 e. The molecule has 0 fully saturated rings. The quantitative estimate of drug-likeness (QED) is 0.740. The average molecular weight is 251 g/mol. The molecular weight excluding hydrogens is 230 g/mol. The standard InChI is InChI=1S/C13H21N3O2/c1-10(2)6-12(9-17)15-13(18)5-4-11-7-14-16(3)8-11/h4-5,7-8,10,12,17H,6,9H2,1-3H3,(H,15,18)/b5-4+. The maximum absolute atomic E-state index is 11.6. The molecule has 0 saturated carbocycles. The summed E-state index contributed by atoms with van der Waals surface area (Å²) in [6.07, 6.45) is 7.43. The topological polar surface area (TPSA) is 67.2 Å². The molecule has 1 heterocycles. The molecule has 0 bridgehead atoms. The number of carbonyl (C=O) groups is 1. The van der Waals surface area contributed by atoms with E-state index in [0.29, 0.717) is 5.92 Å². The summed E-state index contributed by atoms with van der Waals surface area (Å²) in [5, 5.41) is 15.9. The molecule has 5 heteroatoms. The van der Waals surface area contributed by atoms with Crippen LogP contribution in [0.25, 0.3) is 6.08 Å². The van der Waals surface area contributed by atoms with Crippen molar-refractivity contribution in [2.75, 3.05) is 6.61 Å². The minimum atomic E-state index is -0.196. The molecule has 0 aromatic carbocycles. The zero-order chi connectivity index (χ0) is 13.5. The van der Waals surface area contributed by atoms with Gasteiger partial charge in [0.2, 0.25) is 5.91 Å². The molecule has 0 aliphatic rings. The molecule has 100 valence electrons. The van der Waals surface area contributed by atoms with Crippen LogP contribution in [0.1, 0.15) is 25.8 Å². The summed E-state index contributed by atoms with van der Waals surface area (Å²) in [7, 11) is 1.82. The van der Waals surface area contributed by atoms with Crippen LogP contribution in [0.15, 0.2) is 18.5 Å². The summed E-state index contributed by atoms with van der Waals surface area (Å²) in [5.41, 5.74) is 0.872. The van der Waals surface area contributed by atoms with Gasteiger partial charge in [0.15, 0.2) is 0 Å². The number of nitrogens with zero attached hydrogens (tertiary/aromatic N) is 2. The molecular formula is C13H21N3O2. The first kappa shape index (κ1) is 14.4.